The van der Waals surface area contributed by atoms with Gasteiger partial charge in [-0.25, -0.2) is 0 Å². The van der Waals surface area contributed by atoms with Gasteiger partial charge in [0.1, 0.15) is 6.61 Å². The highest BCUT2D eigenvalue weighted by atomic mass is 79.9. The van der Waals surface area contributed by atoms with Crippen LogP contribution in [0, 0.1) is 0 Å². The van der Waals surface area contributed by atoms with Gasteiger partial charge in [0.05, 0.1) is 11.6 Å². The third-order valence-corrected chi connectivity index (χ3v) is 4.31. The van der Waals surface area contributed by atoms with Gasteiger partial charge in [0.25, 0.3) is 0 Å². The van der Waals surface area contributed by atoms with Crippen molar-refractivity contribution in [3.8, 4) is 11.5 Å². The van der Waals surface area contributed by atoms with Gasteiger partial charge in [0.15, 0.2) is 11.5 Å². The van der Waals surface area contributed by atoms with Crippen molar-refractivity contribution >= 4 is 27.3 Å². The van der Waals surface area contributed by atoms with Gasteiger partial charge >= 0.3 is 0 Å². The number of hydrogen-bond donors (Lipinski definition) is 1. The van der Waals surface area contributed by atoms with Crippen LogP contribution >= 0.6 is 27.3 Å². The summed E-state index contributed by atoms with van der Waals surface area (Å²) in [4.78, 5) is 1.33. The SMILES string of the molecule is C=CCOc1c(Br)cc(CNCc2cccs2)cc1OC. The first-order chi connectivity index (χ1) is 10.2. The number of rotatable bonds is 8. The lowest BCUT2D eigenvalue weighted by atomic mass is 10.2. The molecule has 21 heavy (non-hydrogen) atoms. The Hall–Kier alpha value is -1.30. The molecule has 112 valence electrons. The molecule has 0 aliphatic carbocycles. The second-order valence-electron chi connectivity index (χ2n) is 4.39. The molecule has 2 aromatic rings. The summed E-state index contributed by atoms with van der Waals surface area (Å²) >= 11 is 5.29. The lowest BCUT2D eigenvalue weighted by Gasteiger charge is -2.13. The molecule has 0 aliphatic rings. The number of halogens is 1. The maximum atomic E-state index is 5.62. The summed E-state index contributed by atoms with van der Waals surface area (Å²) in [5.41, 5.74) is 1.14. The summed E-state index contributed by atoms with van der Waals surface area (Å²) in [5.74, 6) is 1.43. The average molecular weight is 368 g/mol. The number of ether oxygens (including phenoxy) is 2. The van der Waals surface area contributed by atoms with Crippen molar-refractivity contribution in [3.63, 3.8) is 0 Å². The van der Waals surface area contributed by atoms with E-state index in [1.165, 1.54) is 4.88 Å². The highest BCUT2D eigenvalue weighted by molar-refractivity contribution is 9.10. The van der Waals surface area contributed by atoms with Crippen molar-refractivity contribution in [1.29, 1.82) is 0 Å². The Morgan fingerprint density at radius 1 is 1.38 bits per heavy atom. The zero-order valence-electron chi connectivity index (χ0n) is 11.9. The summed E-state index contributed by atoms with van der Waals surface area (Å²) in [6.07, 6.45) is 1.71. The number of benzene rings is 1. The molecule has 0 bridgehead atoms. The van der Waals surface area contributed by atoms with Crippen LogP contribution in [0.5, 0.6) is 11.5 Å². The fraction of sp³-hybridized carbons (Fsp3) is 0.250. The Morgan fingerprint density at radius 2 is 2.24 bits per heavy atom. The van der Waals surface area contributed by atoms with E-state index >= 15 is 0 Å². The summed E-state index contributed by atoms with van der Waals surface area (Å²) in [6.45, 7) is 5.74. The molecule has 3 nitrogen and oxygen atoms in total. The molecule has 5 heteroatoms. The third kappa shape index (κ3) is 4.59. The largest absolute Gasteiger partial charge is 0.493 e. The maximum absolute atomic E-state index is 5.62. The molecule has 1 aromatic heterocycles. The lowest BCUT2D eigenvalue weighted by molar-refractivity contribution is 0.324. The van der Waals surface area contributed by atoms with Crippen LogP contribution in [0.3, 0.4) is 0 Å². The quantitative estimate of drug-likeness (QED) is 0.702. The van der Waals surface area contributed by atoms with Crippen molar-refractivity contribution in [3.05, 3.63) is 57.2 Å². The van der Waals surface area contributed by atoms with E-state index in [1.54, 1.807) is 24.5 Å². The molecule has 0 spiro atoms. The van der Waals surface area contributed by atoms with Gasteiger partial charge in [0.2, 0.25) is 0 Å². The fourth-order valence-corrected chi connectivity index (χ4v) is 3.18. The number of thiophene rings is 1. The minimum Gasteiger partial charge on any atom is -0.493 e. The molecule has 0 saturated carbocycles. The van der Waals surface area contributed by atoms with Crippen LogP contribution in [0.1, 0.15) is 10.4 Å². The topological polar surface area (TPSA) is 30.5 Å². The van der Waals surface area contributed by atoms with Crippen LogP contribution in [0.15, 0.2) is 46.8 Å². The van der Waals surface area contributed by atoms with Gasteiger partial charge in [-0.1, -0.05) is 18.7 Å². The number of nitrogens with one attached hydrogen (secondary N) is 1. The molecule has 0 atom stereocenters. The molecule has 0 unspecified atom stereocenters. The Balaban J connectivity index is 2.02. The van der Waals surface area contributed by atoms with E-state index in [2.05, 4.69) is 45.3 Å². The Bertz CT molecular complexity index is 584. The Labute approximate surface area is 137 Å². The van der Waals surface area contributed by atoms with Crippen LogP contribution in [0.25, 0.3) is 0 Å². The predicted molar refractivity (Wildman–Crippen MR) is 91.2 cm³/mol. The maximum Gasteiger partial charge on any atom is 0.175 e. The molecule has 0 saturated heterocycles. The molecule has 0 amide bonds. The first-order valence-electron chi connectivity index (χ1n) is 6.57. The van der Waals surface area contributed by atoms with Gasteiger partial charge in [-0.15, -0.1) is 11.3 Å². The monoisotopic (exact) mass is 367 g/mol. The standard InChI is InChI=1S/C16H18BrNO2S/c1-3-6-20-16-14(17)8-12(9-15(16)19-2)10-18-11-13-5-4-7-21-13/h3-5,7-9,18H,1,6,10-11H2,2H3. The summed E-state index contributed by atoms with van der Waals surface area (Å²) in [7, 11) is 1.64. The summed E-state index contributed by atoms with van der Waals surface area (Å²) in [6, 6.07) is 8.22. The molecule has 1 heterocycles. The van der Waals surface area contributed by atoms with E-state index in [0.717, 1.165) is 28.9 Å². The molecule has 0 aliphatic heterocycles. The smallest absolute Gasteiger partial charge is 0.175 e. The third-order valence-electron chi connectivity index (χ3n) is 2.84. The van der Waals surface area contributed by atoms with Crippen molar-refractivity contribution in [2.75, 3.05) is 13.7 Å². The van der Waals surface area contributed by atoms with E-state index in [9.17, 15) is 0 Å². The van der Waals surface area contributed by atoms with Gasteiger partial charge in [-0.3, -0.25) is 0 Å². The zero-order valence-corrected chi connectivity index (χ0v) is 14.3. The minimum absolute atomic E-state index is 0.449. The highest BCUT2D eigenvalue weighted by Crippen LogP contribution is 2.36. The van der Waals surface area contributed by atoms with Crippen molar-refractivity contribution < 1.29 is 9.47 Å². The van der Waals surface area contributed by atoms with E-state index < -0.39 is 0 Å². The van der Waals surface area contributed by atoms with Gasteiger partial charge in [-0.05, 0) is 45.1 Å². The zero-order chi connectivity index (χ0) is 15.1. The van der Waals surface area contributed by atoms with Crippen LogP contribution < -0.4 is 14.8 Å². The average Bonchev–Trinajstić information content (AvgIpc) is 2.99. The van der Waals surface area contributed by atoms with Gasteiger partial charge < -0.3 is 14.8 Å². The van der Waals surface area contributed by atoms with Crippen LogP contribution in [0.2, 0.25) is 0 Å². The van der Waals surface area contributed by atoms with Crippen molar-refractivity contribution in [2.24, 2.45) is 0 Å². The summed E-state index contributed by atoms with van der Waals surface area (Å²) < 4.78 is 11.9. The molecular weight excluding hydrogens is 350 g/mol. The number of methoxy groups -OCH3 is 1. The highest BCUT2D eigenvalue weighted by Gasteiger charge is 2.11. The molecule has 2 rings (SSSR count). The Kier molecular flexibility index (Phi) is 6.29. The van der Waals surface area contributed by atoms with E-state index in [-0.39, 0.29) is 0 Å². The summed E-state index contributed by atoms with van der Waals surface area (Å²) in [5, 5.41) is 5.51. The van der Waals surface area contributed by atoms with Gasteiger partial charge in [0, 0.05) is 18.0 Å². The van der Waals surface area contributed by atoms with Crippen molar-refractivity contribution in [1.82, 2.24) is 5.32 Å². The molecule has 1 aromatic carbocycles. The molecule has 1 N–H and O–H groups in total. The molecular formula is C16H18BrNO2S. The van der Waals surface area contributed by atoms with Crippen LogP contribution in [-0.4, -0.2) is 13.7 Å². The van der Waals surface area contributed by atoms with E-state index in [1.807, 2.05) is 12.1 Å². The molecule has 0 radical (unpaired) electrons. The minimum atomic E-state index is 0.449. The Morgan fingerprint density at radius 3 is 2.90 bits per heavy atom. The normalized spacial score (nSPS) is 10.4. The number of hydrogen-bond acceptors (Lipinski definition) is 4. The lowest BCUT2D eigenvalue weighted by Crippen LogP contribution is -2.12. The predicted octanol–water partition coefficient (Wildman–Crippen LogP) is 4.37. The van der Waals surface area contributed by atoms with Crippen LogP contribution in [-0.2, 0) is 13.1 Å². The van der Waals surface area contributed by atoms with Gasteiger partial charge in [-0.2, -0.15) is 0 Å². The second-order valence-corrected chi connectivity index (χ2v) is 6.28. The first kappa shape index (κ1) is 16.1. The fourth-order valence-electron chi connectivity index (χ4n) is 1.90. The molecule has 0 fully saturated rings. The van der Waals surface area contributed by atoms with Crippen LogP contribution in [0.4, 0.5) is 0 Å². The van der Waals surface area contributed by atoms with E-state index in [4.69, 9.17) is 9.47 Å². The second kappa shape index (κ2) is 8.22. The first-order valence-corrected chi connectivity index (χ1v) is 8.25. The van der Waals surface area contributed by atoms with E-state index in [0.29, 0.717) is 12.4 Å². The van der Waals surface area contributed by atoms with Crippen molar-refractivity contribution in [2.45, 2.75) is 13.1 Å².